The van der Waals surface area contributed by atoms with Crippen LogP contribution in [0.3, 0.4) is 0 Å². The van der Waals surface area contributed by atoms with E-state index in [1.54, 1.807) is 36.6 Å². The van der Waals surface area contributed by atoms with Crippen LogP contribution in [0.5, 0.6) is 5.75 Å². The van der Waals surface area contributed by atoms with Crippen LogP contribution in [0.1, 0.15) is 24.5 Å². The van der Waals surface area contributed by atoms with Crippen molar-refractivity contribution in [2.75, 3.05) is 13.4 Å². The summed E-state index contributed by atoms with van der Waals surface area (Å²) in [6.07, 6.45) is 1.14. The molecule has 0 radical (unpaired) electrons. The lowest BCUT2D eigenvalue weighted by Gasteiger charge is -2.12. The predicted octanol–water partition coefficient (Wildman–Crippen LogP) is 2.41. The number of benzene rings is 1. The molecule has 0 unspecified atom stereocenters. The van der Waals surface area contributed by atoms with Gasteiger partial charge in [0.25, 0.3) is 0 Å². The van der Waals surface area contributed by atoms with Crippen molar-refractivity contribution in [2.45, 2.75) is 31.3 Å². The summed E-state index contributed by atoms with van der Waals surface area (Å²) < 4.78 is 30.9. The molecule has 0 aliphatic rings. The molecule has 7 nitrogen and oxygen atoms in total. The maximum Gasteiger partial charge on any atom is 0.213 e. The molecule has 3 aromatic rings. The summed E-state index contributed by atoms with van der Waals surface area (Å²) in [5.74, 6) is 0.292. The van der Waals surface area contributed by atoms with E-state index in [2.05, 4.69) is 10.1 Å². The zero-order valence-electron chi connectivity index (χ0n) is 14.6. The number of imidazole rings is 1. The molecular weight excluding hydrogens is 362 g/mol. The Balaban J connectivity index is 2.26. The lowest BCUT2D eigenvalue weighted by Crippen LogP contribution is -2.15. The summed E-state index contributed by atoms with van der Waals surface area (Å²) in [5, 5.41) is 15.2. The first-order valence-electron chi connectivity index (χ1n) is 7.50. The van der Waals surface area contributed by atoms with Crippen molar-refractivity contribution in [2.24, 2.45) is 0 Å². The van der Waals surface area contributed by atoms with Gasteiger partial charge in [-0.15, -0.1) is 0 Å². The molecule has 3 rings (SSSR count). The van der Waals surface area contributed by atoms with Gasteiger partial charge >= 0.3 is 0 Å². The van der Waals surface area contributed by atoms with Crippen LogP contribution in [-0.4, -0.2) is 41.5 Å². The van der Waals surface area contributed by atoms with Crippen molar-refractivity contribution >= 4 is 26.1 Å². The van der Waals surface area contributed by atoms with Crippen LogP contribution < -0.4 is 4.74 Å². The number of methoxy groups -OCH3 is 1. The van der Waals surface area contributed by atoms with Gasteiger partial charge in [-0.3, -0.25) is 0 Å². The van der Waals surface area contributed by atoms with E-state index in [1.165, 1.54) is 18.4 Å². The first kappa shape index (κ1) is 17.8. The topological polar surface area (TPSA) is 93.8 Å². The normalized spacial score (nSPS) is 12.7. The number of fused-ring (bicyclic) bond motifs is 1. The quantitative estimate of drug-likeness (QED) is 0.746. The van der Waals surface area contributed by atoms with Crippen molar-refractivity contribution in [3.63, 3.8) is 0 Å². The second-order valence-electron chi connectivity index (χ2n) is 6.34. The molecule has 2 aromatic heterocycles. The highest BCUT2D eigenvalue weighted by atomic mass is 32.2. The molecule has 0 saturated heterocycles. The van der Waals surface area contributed by atoms with E-state index >= 15 is 0 Å². The molecule has 0 aliphatic heterocycles. The molecule has 9 heteroatoms. The Morgan fingerprint density at radius 3 is 2.56 bits per heavy atom. The molecule has 0 spiro atoms. The Bertz CT molecular complexity index is 1060. The Labute approximate surface area is 149 Å². The maximum absolute atomic E-state index is 12.1. The third-order valence-corrected chi connectivity index (χ3v) is 6.08. The monoisotopic (exact) mass is 381 g/mol. The number of rotatable bonds is 4. The number of sulfone groups is 1. The number of aromatic nitrogens is 3. The van der Waals surface area contributed by atoms with E-state index in [0.29, 0.717) is 27.0 Å². The van der Waals surface area contributed by atoms with Gasteiger partial charge in [0.1, 0.15) is 21.3 Å². The molecule has 0 aliphatic carbocycles. The predicted molar refractivity (Wildman–Crippen MR) is 95.9 cm³/mol. The van der Waals surface area contributed by atoms with E-state index in [1.807, 2.05) is 6.92 Å². The van der Waals surface area contributed by atoms with E-state index in [4.69, 9.17) is 4.74 Å². The van der Waals surface area contributed by atoms with E-state index in [-0.39, 0.29) is 4.90 Å². The molecule has 1 aromatic carbocycles. The highest BCUT2D eigenvalue weighted by Gasteiger charge is 2.25. The van der Waals surface area contributed by atoms with Crippen molar-refractivity contribution in [3.05, 3.63) is 28.9 Å². The molecular formula is C16H19N3O4S2. The maximum atomic E-state index is 12.1. The number of hydrogen-bond donors (Lipinski definition) is 1. The molecule has 134 valence electrons. The van der Waals surface area contributed by atoms with Crippen LogP contribution >= 0.6 is 11.3 Å². The van der Waals surface area contributed by atoms with Crippen molar-refractivity contribution in [3.8, 4) is 17.0 Å². The molecule has 0 bridgehead atoms. The zero-order valence-corrected chi connectivity index (χ0v) is 16.2. The van der Waals surface area contributed by atoms with E-state index in [0.717, 1.165) is 11.9 Å². The minimum atomic E-state index is -3.46. The first-order valence-corrected chi connectivity index (χ1v) is 10.2. The lowest BCUT2D eigenvalue weighted by atomic mass is 10.1. The molecule has 0 saturated carbocycles. The highest BCUT2D eigenvalue weighted by molar-refractivity contribution is 7.90. The molecule has 0 amide bonds. The molecule has 0 fully saturated rings. The fourth-order valence-corrected chi connectivity index (χ4v) is 4.35. The Morgan fingerprint density at radius 2 is 2.00 bits per heavy atom. The average Bonchev–Trinajstić information content (AvgIpc) is 3.02. The smallest absolute Gasteiger partial charge is 0.213 e. The summed E-state index contributed by atoms with van der Waals surface area (Å²) in [6.45, 7) is 5.16. The van der Waals surface area contributed by atoms with Crippen LogP contribution in [0.2, 0.25) is 0 Å². The van der Waals surface area contributed by atoms with Gasteiger partial charge < -0.3 is 9.84 Å². The van der Waals surface area contributed by atoms with E-state index in [9.17, 15) is 13.5 Å². The summed E-state index contributed by atoms with van der Waals surface area (Å²) in [4.78, 5) is 5.24. The second kappa shape index (κ2) is 5.79. The second-order valence-corrected chi connectivity index (χ2v) is 9.28. The summed E-state index contributed by atoms with van der Waals surface area (Å²) in [5.41, 5.74) is 1.01. The number of nitrogens with zero attached hydrogens (tertiary/aromatic N) is 3. The third-order valence-electron chi connectivity index (χ3n) is 3.74. The van der Waals surface area contributed by atoms with Crippen LogP contribution in [0, 0.1) is 6.92 Å². The number of hydrogen-bond acceptors (Lipinski definition) is 7. The van der Waals surface area contributed by atoms with Crippen LogP contribution in [0.15, 0.2) is 23.1 Å². The summed E-state index contributed by atoms with van der Waals surface area (Å²) in [6, 6.07) is 4.95. The van der Waals surface area contributed by atoms with Crippen molar-refractivity contribution < 1.29 is 18.3 Å². The fraction of sp³-hybridized carbons (Fsp3) is 0.375. The molecule has 1 N–H and O–H groups in total. The fourth-order valence-electron chi connectivity index (χ4n) is 2.54. The largest absolute Gasteiger partial charge is 0.495 e. The first-order chi connectivity index (χ1) is 11.5. The zero-order chi connectivity index (χ0) is 18.6. The number of ether oxygens (including phenoxy) is 1. The highest BCUT2D eigenvalue weighted by Crippen LogP contribution is 2.34. The minimum absolute atomic E-state index is 0.111. The number of aliphatic hydroxyl groups is 1. The van der Waals surface area contributed by atoms with Gasteiger partial charge in [-0.2, -0.15) is 5.10 Å². The van der Waals surface area contributed by atoms with Crippen molar-refractivity contribution in [1.29, 1.82) is 0 Å². The number of aryl methyl sites for hydroxylation is 1. The molecule has 0 atom stereocenters. The van der Waals surface area contributed by atoms with Gasteiger partial charge in [0.05, 0.1) is 18.5 Å². The van der Waals surface area contributed by atoms with Gasteiger partial charge in [0.2, 0.25) is 4.96 Å². The van der Waals surface area contributed by atoms with Crippen LogP contribution in [0.4, 0.5) is 0 Å². The Kier molecular flexibility index (Phi) is 4.13. The van der Waals surface area contributed by atoms with Gasteiger partial charge in [-0.05, 0) is 39.0 Å². The van der Waals surface area contributed by atoms with Gasteiger partial charge in [-0.1, -0.05) is 11.3 Å². The third kappa shape index (κ3) is 3.14. The Hall–Kier alpha value is -1.97. The van der Waals surface area contributed by atoms with Crippen LogP contribution in [-0.2, 0) is 15.4 Å². The SMILES string of the molecule is COc1ccc(-c2c(C)nc3sc(C(C)(C)O)nn23)cc1S(C)(=O)=O. The van der Waals surface area contributed by atoms with Gasteiger partial charge in [0, 0.05) is 11.8 Å². The molecule has 25 heavy (non-hydrogen) atoms. The van der Waals surface area contributed by atoms with Crippen molar-refractivity contribution in [1.82, 2.24) is 14.6 Å². The van der Waals surface area contributed by atoms with Gasteiger partial charge in [-0.25, -0.2) is 17.9 Å². The standard InChI is InChI=1S/C16H19N3O4S2/c1-9-13(19-15(17-9)24-14(18-19)16(2,3)20)10-6-7-11(23-4)12(8-10)25(5,21)22/h6-8,20H,1-5H3. The summed E-state index contributed by atoms with van der Waals surface area (Å²) >= 11 is 1.30. The summed E-state index contributed by atoms with van der Waals surface area (Å²) in [7, 11) is -2.02. The average molecular weight is 381 g/mol. The van der Waals surface area contributed by atoms with Gasteiger partial charge in [0.15, 0.2) is 9.84 Å². The minimum Gasteiger partial charge on any atom is -0.495 e. The molecule has 2 heterocycles. The van der Waals surface area contributed by atoms with E-state index < -0.39 is 15.4 Å². The lowest BCUT2D eigenvalue weighted by molar-refractivity contribution is 0.0773. The Morgan fingerprint density at radius 1 is 1.32 bits per heavy atom. The van der Waals surface area contributed by atoms with Crippen LogP contribution in [0.25, 0.3) is 16.2 Å².